The molecule has 2 atom stereocenters. The van der Waals surface area contributed by atoms with E-state index in [1.165, 1.54) is 22.1 Å². The van der Waals surface area contributed by atoms with Gasteiger partial charge in [0.05, 0.1) is 7.11 Å². The van der Waals surface area contributed by atoms with Crippen LogP contribution in [0.3, 0.4) is 0 Å². The van der Waals surface area contributed by atoms with Crippen molar-refractivity contribution >= 4 is 30.3 Å². The first-order chi connectivity index (χ1) is 15.3. The molecule has 0 aliphatic heterocycles. The molecule has 1 aliphatic rings. The van der Waals surface area contributed by atoms with E-state index in [4.69, 9.17) is 4.74 Å². The molecule has 0 radical (unpaired) electrons. The fourth-order valence-electron chi connectivity index (χ4n) is 5.45. The second kappa shape index (κ2) is 8.21. The average Bonchev–Trinajstić information content (AvgIpc) is 3.25. The number of methoxy groups -OCH3 is 1. The molecule has 2 aromatic carbocycles. The van der Waals surface area contributed by atoms with Crippen LogP contribution in [-0.2, 0) is 9.53 Å². The zero-order chi connectivity index (χ0) is 23.0. The lowest BCUT2D eigenvalue weighted by atomic mass is 10.0. The average molecular weight is 446 g/mol. The van der Waals surface area contributed by atoms with Crippen LogP contribution >= 0.6 is 0 Å². The third kappa shape index (κ3) is 3.45. The van der Waals surface area contributed by atoms with E-state index in [1.54, 1.807) is 12.4 Å². The molecule has 1 fully saturated rings. The van der Waals surface area contributed by atoms with Crippen LogP contribution in [0.15, 0.2) is 85.2 Å². The molecule has 32 heavy (non-hydrogen) atoms. The van der Waals surface area contributed by atoms with Gasteiger partial charge in [0.15, 0.2) is 0 Å². The number of hydrogen-bond donors (Lipinski definition) is 0. The van der Waals surface area contributed by atoms with Gasteiger partial charge in [-0.1, -0.05) is 91.8 Å². The Balaban J connectivity index is 1.84. The van der Waals surface area contributed by atoms with E-state index in [2.05, 4.69) is 69.3 Å². The lowest BCUT2D eigenvalue weighted by Gasteiger charge is -2.45. The van der Waals surface area contributed by atoms with E-state index in [0.717, 1.165) is 6.04 Å². The maximum absolute atomic E-state index is 13.5. The van der Waals surface area contributed by atoms with E-state index < -0.39 is 19.5 Å². The van der Waals surface area contributed by atoms with Gasteiger partial charge in [0.25, 0.3) is 0 Å². The minimum atomic E-state index is -2.40. The Morgan fingerprint density at radius 1 is 0.938 bits per heavy atom. The molecule has 0 unspecified atom stereocenters. The van der Waals surface area contributed by atoms with Gasteiger partial charge < -0.3 is 4.74 Å². The van der Waals surface area contributed by atoms with Crippen molar-refractivity contribution < 1.29 is 14.3 Å². The highest BCUT2D eigenvalue weighted by atomic mass is 28.3. The van der Waals surface area contributed by atoms with Gasteiger partial charge in [-0.05, 0) is 35.6 Å². The minimum absolute atomic E-state index is 0.0311. The zero-order valence-corrected chi connectivity index (χ0v) is 20.2. The van der Waals surface area contributed by atoms with E-state index in [0.29, 0.717) is 6.42 Å². The number of ether oxygens (including phenoxy) is 1. The first-order valence-corrected chi connectivity index (χ1v) is 13.4. The van der Waals surface area contributed by atoms with Crippen molar-refractivity contribution in [3.63, 3.8) is 0 Å². The number of carbonyl (C=O) groups is 2. The fourth-order valence-corrected chi connectivity index (χ4v) is 11.4. The lowest BCUT2D eigenvalue weighted by molar-refractivity contribution is -0.145. The molecule has 0 bridgehead atoms. The van der Waals surface area contributed by atoms with Crippen molar-refractivity contribution in [3.8, 4) is 0 Å². The van der Waals surface area contributed by atoms with Crippen molar-refractivity contribution in [2.24, 2.45) is 11.3 Å². The van der Waals surface area contributed by atoms with E-state index in [1.807, 2.05) is 24.3 Å². The van der Waals surface area contributed by atoms with E-state index in [-0.39, 0.29) is 16.9 Å². The van der Waals surface area contributed by atoms with Crippen molar-refractivity contribution in [3.05, 3.63) is 85.2 Å². The maximum Gasteiger partial charge on any atom is 0.321 e. The predicted molar refractivity (Wildman–Crippen MR) is 130 cm³/mol. The molecule has 1 heterocycles. The van der Waals surface area contributed by atoms with Crippen LogP contribution in [0.25, 0.3) is 0 Å². The van der Waals surface area contributed by atoms with Crippen LogP contribution in [0.1, 0.15) is 32.0 Å². The van der Waals surface area contributed by atoms with Gasteiger partial charge in [-0.15, -0.1) is 0 Å². The largest absolute Gasteiger partial charge is 0.468 e. The number of hydrogen-bond acceptors (Lipinski definition) is 3. The summed E-state index contributed by atoms with van der Waals surface area (Å²) in [6.45, 7) is 6.90. The van der Waals surface area contributed by atoms with Gasteiger partial charge in [0, 0.05) is 12.4 Å². The zero-order valence-electron chi connectivity index (χ0n) is 19.2. The Kier molecular flexibility index (Phi) is 5.71. The summed E-state index contributed by atoms with van der Waals surface area (Å²) >= 11 is 0. The number of benzene rings is 2. The summed E-state index contributed by atoms with van der Waals surface area (Å²) in [6.07, 6.45) is 3.96. The smallest absolute Gasteiger partial charge is 0.321 e. The molecule has 4 rings (SSSR count). The Morgan fingerprint density at radius 2 is 1.44 bits per heavy atom. The standard InChI is InChI=1S/C27H31NO3Si/c1-26(2,3)32(22-13-7-5-8-14-22,23-15-9-6-10-16-23)20-21-19-27(21,25(30)31-4)24(29)28-17-11-12-18-28/h5-18,21H,19-20H2,1-4H3/t21-,27-/m1/s1. The molecule has 166 valence electrons. The summed E-state index contributed by atoms with van der Waals surface area (Å²) < 4.78 is 6.71. The fraction of sp³-hybridized carbons (Fsp3) is 0.333. The first kappa shape index (κ1) is 22.3. The van der Waals surface area contributed by atoms with Gasteiger partial charge in [-0.3, -0.25) is 14.2 Å². The monoisotopic (exact) mass is 445 g/mol. The third-order valence-electron chi connectivity index (χ3n) is 7.24. The van der Waals surface area contributed by atoms with Gasteiger partial charge in [-0.2, -0.15) is 0 Å². The second-order valence-electron chi connectivity index (χ2n) is 9.85. The molecule has 1 saturated carbocycles. The number of rotatable bonds is 6. The number of esters is 1. The number of carbonyl (C=O) groups excluding carboxylic acids is 2. The molecule has 0 amide bonds. The highest BCUT2D eigenvalue weighted by Gasteiger charge is 2.69. The second-order valence-corrected chi connectivity index (χ2v) is 14.7. The van der Waals surface area contributed by atoms with Crippen LogP contribution in [-0.4, -0.2) is 31.6 Å². The number of aromatic nitrogens is 1. The van der Waals surface area contributed by atoms with Gasteiger partial charge in [0.2, 0.25) is 5.91 Å². The first-order valence-electron chi connectivity index (χ1n) is 11.1. The van der Waals surface area contributed by atoms with Crippen LogP contribution in [0.2, 0.25) is 11.1 Å². The summed E-state index contributed by atoms with van der Waals surface area (Å²) in [5.74, 6) is -0.660. The van der Waals surface area contributed by atoms with Crippen LogP contribution < -0.4 is 10.4 Å². The molecular formula is C27H31NO3Si. The summed E-state index contributed by atoms with van der Waals surface area (Å²) in [5, 5.41) is 2.63. The molecular weight excluding hydrogens is 414 g/mol. The Labute approximate surface area is 191 Å². The Hall–Kier alpha value is -2.92. The number of nitrogens with zero attached hydrogens (tertiary/aromatic N) is 1. The highest BCUT2D eigenvalue weighted by Crippen LogP contribution is 2.60. The van der Waals surface area contributed by atoms with E-state index >= 15 is 0 Å². The topological polar surface area (TPSA) is 48.3 Å². The van der Waals surface area contributed by atoms with Gasteiger partial charge >= 0.3 is 5.97 Å². The predicted octanol–water partition coefficient (Wildman–Crippen LogP) is 4.37. The lowest BCUT2D eigenvalue weighted by Crippen LogP contribution is -2.64. The van der Waals surface area contributed by atoms with Crippen LogP contribution in [0, 0.1) is 11.3 Å². The Morgan fingerprint density at radius 3 is 1.88 bits per heavy atom. The molecule has 0 saturated heterocycles. The quantitative estimate of drug-likeness (QED) is 0.322. The maximum atomic E-state index is 13.5. The normalized spacial score (nSPS) is 20.6. The molecule has 3 aromatic rings. The van der Waals surface area contributed by atoms with Gasteiger partial charge in [-0.25, -0.2) is 0 Å². The van der Waals surface area contributed by atoms with Crippen molar-refractivity contribution in [1.29, 1.82) is 0 Å². The summed E-state index contributed by atoms with van der Waals surface area (Å²) in [5.41, 5.74) is -1.11. The van der Waals surface area contributed by atoms with Crippen LogP contribution in [0.4, 0.5) is 0 Å². The minimum Gasteiger partial charge on any atom is -0.468 e. The van der Waals surface area contributed by atoms with Crippen molar-refractivity contribution in [2.45, 2.75) is 38.3 Å². The summed E-state index contributed by atoms with van der Waals surface area (Å²) in [6, 6.07) is 25.8. The molecule has 1 aliphatic carbocycles. The summed E-state index contributed by atoms with van der Waals surface area (Å²) in [7, 11) is -1.02. The van der Waals surface area contributed by atoms with Crippen molar-refractivity contribution in [1.82, 2.24) is 4.57 Å². The molecule has 1 aromatic heterocycles. The van der Waals surface area contributed by atoms with Crippen molar-refractivity contribution in [2.75, 3.05) is 7.11 Å². The van der Waals surface area contributed by atoms with Gasteiger partial charge in [0.1, 0.15) is 13.5 Å². The van der Waals surface area contributed by atoms with Crippen LogP contribution in [0.5, 0.6) is 0 Å². The third-order valence-corrected chi connectivity index (χ3v) is 13.5. The molecule has 0 N–H and O–H groups in total. The summed E-state index contributed by atoms with van der Waals surface area (Å²) in [4.78, 5) is 26.5. The van der Waals surface area contributed by atoms with E-state index in [9.17, 15) is 9.59 Å². The SMILES string of the molecule is COC(=O)[C@]1(C(=O)n2cccc2)C[C@@H]1C[Si](c1ccccc1)(c1ccccc1)C(C)(C)C. The highest BCUT2D eigenvalue weighted by molar-refractivity contribution is 7.04. The molecule has 5 heteroatoms. The Bertz CT molecular complexity index is 1050. The molecule has 0 spiro atoms. The molecule has 4 nitrogen and oxygen atoms in total.